The van der Waals surface area contributed by atoms with Gasteiger partial charge in [-0.15, -0.1) is 0 Å². The number of morpholine rings is 1. The molecular formula is C34H28Cl2F3NO5. The molecule has 6 rings (SSSR count). The van der Waals surface area contributed by atoms with Crippen molar-refractivity contribution < 1.29 is 37.3 Å². The first-order chi connectivity index (χ1) is 21.3. The van der Waals surface area contributed by atoms with Gasteiger partial charge in [-0.25, -0.2) is 4.79 Å². The highest BCUT2D eigenvalue weighted by Gasteiger charge is 2.54. The SMILES string of the molecule is COc1ccc(-c2ccc(C(=O)O)cc2C)cc1-c1ccc(C(F)(F)F)cc1CN1C2OC2O[C@H](c2cc(Cl)cc(Cl)c2)[C@@H]1C. The van der Waals surface area contributed by atoms with Gasteiger partial charge in [0.15, 0.2) is 6.23 Å². The third-order valence-electron chi connectivity index (χ3n) is 8.27. The number of benzene rings is 4. The second kappa shape index (κ2) is 12.0. The number of methoxy groups -OCH3 is 1. The lowest BCUT2D eigenvalue weighted by Gasteiger charge is -2.37. The molecule has 0 aliphatic carbocycles. The number of nitrogens with zero attached hydrogens (tertiary/aromatic N) is 1. The topological polar surface area (TPSA) is 71.5 Å². The summed E-state index contributed by atoms with van der Waals surface area (Å²) < 4.78 is 59.7. The molecule has 0 amide bonds. The van der Waals surface area contributed by atoms with Crippen molar-refractivity contribution in [3.05, 3.63) is 111 Å². The molecule has 2 heterocycles. The van der Waals surface area contributed by atoms with Gasteiger partial charge in [0.1, 0.15) is 11.9 Å². The highest BCUT2D eigenvalue weighted by atomic mass is 35.5. The van der Waals surface area contributed by atoms with Crippen molar-refractivity contribution in [1.29, 1.82) is 0 Å². The first-order valence-corrected chi connectivity index (χ1v) is 14.8. The monoisotopic (exact) mass is 657 g/mol. The zero-order valence-corrected chi connectivity index (χ0v) is 25.9. The molecule has 0 radical (unpaired) electrons. The molecule has 234 valence electrons. The number of rotatable bonds is 7. The number of hydrogen-bond donors (Lipinski definition) is 1. The van der Waals surface area contributed by atoms with Gasteiger partial charge in [0.25, 0.3) is 0 Å². The molecule has 4 aromatic rings. The number of epoxide rings is 1. The summed E-state index contributed by atoms with van der Waals surface area (Å²) in [4.78, 5) is 13.5. The molecule has 2 fully saturated rings. The van der Waals surface area contributed by atoms with E-state index in [1.54, 1.807) is 36.4 Å². The molecule has 4 aromatic carbocycles. The molecule has 0 spiro atoms. The number of carboxylic acids is 1. The van der Waals surface area contributed by atoms with Crippen LogP contribution >= 0.6 is 23.2 Å². The van der Waals surface area contributed by atoms with Gasteiger partial charge in [0, 0.05) is 28.2 Å². The van der Waals surface area contributed by atoms with Gasteiger partial charge < -0.3 is 19.3 Å². The van der Waals surface area contributed by atoms with Crippen molar-refractivity contribution in [3.8, 4) is 28.0 Å². The summed E-state index contributed by atoms with van der Waals surface area (Å²) in [6.45, 7) is 3.86. The number of carboxylic acid groups (broad SMARTS) is 1. The predicted molar refractivity (Wildman–Crippen MR) is 165 cm³/mol. The van der Waals surface area contributed by atoms with E-state index in [1.165, 1.54) is 25.3 Å². The van der Waals surface area contributed by atoms with Crippen LogP contribution in [0.25, 0.3) is 22.3 Å². The molecule has 45 heavy (non-hydrogen) atoms. The summed E-state index contributed by atoms with van der Waals surface area (Å²) in [6, 6.07) is 18.8. The lowest BCUT2D eigenvalue weighted by Crippen LogP contribution is -2.45. The quantitative estimate of drug-likeness (QED) is 0.200. The maximum atomic E-state index is 14.0. The van der Waals surface area contributed by atoms with Crippen molar-refractivity contribution in [2.24, 2.45) is 0 Å². The third-order valence-corrected chi connectivity index (χ3v) is 8.71. The zero-order chi connectivity index (χ0) is 32.2. The van der Waals surface area contributed by atoms with Crippen LogP contribution in [0.15, 0.2) is 72.8 Å². The van der Waals surface area contributed by atoms with Crippen molar-refractivity contribution in [1.82, 2.24) is 4.90 Å². The van der Waals surface area contributed by atoms with Crippen LogP contribution in [0.5, 0.6) is 5.75 Å². The van der Waals surface area contributed by atoms with Crippen LogP contribution in [-0.4, -0.2) is 41.6 Å². The smallest absolute Gasteiger partial charge is 0.416 e. The highest BCUT2D eigenvalue weighted by Crippen LogP contribution is 2.46. The van der Waals surface area contributed by atoms with Gasteiger partial charge in [-0.3, -0.25) is 4.90 Å². The first-order valence-electron chi connectivity index (χ1n) is 14.1. The molecule has 2 saturated heterocycles. The fraction of sp³-hybridized carbons (Fsp3) is 0.265. The fourth-order valence-electron chi connectivity index (χ4n) is 5.99. The summed E-state index contributed by atoms with van der Waals surface area (Å²) in [5.74, 6) is -0.559. The second-order valence-electron chi connectivity index (χ2n) is 11.2. The maximum Gasteiger partial charge on any atom is 0.416 e. The number of fused-ring (bicyclic) bond motifs is 1. The van der Waals surface area contributed by atoms with E-state index in [4.69, 9.17) is 37.4 Å². The molecule has 0 aromatic heterocycles. The molecule has 2 aliphatic rings. The first kappa shape index (κ1) is 31.4. The molecular weight excluding hydrogens is 630 g/mol. The Balaban J connectivity index is 1.43. The molecule has 0 saturated carbocycles. The van der Waals surface area contributed by atoms with E-state index in [0.717, 1.165) is 28.3 Å². The highest BCUT2D eigenvalue weighted by molar-refractivity contribution is 6.34. The Morgan fingerprint density at radius 3 is 2.29 bits per heavy atom. The van der Waals surface area contributed by atoms with E-state index < -0.39 is 36.3 Å². The van der Waals surface area contributed by atoms with Crippen LogP contribution in [0.2, 0.25) is 10.0 Å². The largest absolute Gasteiger partial charge is 0.496 e. The lowest BCUT2D eigenvalue weighted by molar-refractivity contribution is -0.137. The number of alkyl halides is 3. The van der Waals surface area contributed by atoms with Gasteiger partial charge >= 0.3 is 12.1 Å². The number of halogens is 5. The van der Waals surface area contributed by atoms with E-state index in [0.29, 0.717) is 32.5 Å². The van der Waals surface area contributed by atoms with Crippen LogP contribution in [0.4, 0.5) is 13.2 Å². The standard InChI is InChI=1S/C34H28Cl2F3NO5/c1-17-10-20(32(41)42)4-7-26(17)19-5-9-29(43-3)28(14-19)27-8-6-23(34(37,38)39)11-22(27)16-40-18(2)30(44-33-31(40)45-33)21-12-24(35)15-25(36)13-21/h4-15,18,30-31,33H,16H2,1-3H3,(H,41,42)/t18-,30-,31?,33?/m0/s1. The molecule has 6 nitrogen and oxygen atoms in total. The third kappa shape index (κ3) is 6.28. The van der Waals surface area contributed by atoms with Crippen molar-refractivity contribution in [3.63, 3.8) is 0 Å². The zero-order valence-electron chi connectivity index (χ0n) is 24.4. The van der Waals surface area contributed by atoms with Crippen LogP contribution < -0.4 is 4.74 Å². The summed E-state index contributed by atoms with van der Waals surface area (Å²) in [5.41, 5.74) is 3.98. The number of hydrogen-bond acceptors (Lipinski definition) is 5. The molecule has 11 heteroatoms. The van der Waals surface area contributed by atoms with Crippen LogP contribution in [0.3, 0.4) is 0 Å². The summed E-state index contributed by atoms with van der Waals surface area (Å²) in [7, 11) is 1.50. The number of aryl methyl sites for hydroxylation is 1. The normalized spacial score (nSPS) is 21.3. The molecule has 4 atom stereocenters. The number of carbonyl (C=O) groups is 1. The van der Waals surface area contributed by atoms with E-state index in [1.807, 2.05) is 30.9 Å². The van der Waals surface area contributed by atoms with Crippen molar-refractivity contribution in [2.75, 3.05) is 7.11 Å². The Bertz CT molecular complexity index is 1780. The molecule has 2 unspecified atom stereocenters. The minimum absolute atomic E-state index is 0.120. The number of aromatic carboxylic acids is 1. The molecule has 0 bridgehead atoms. The summed E-state index contributed by atoms with van der Waals surface area (Å²) in [6.07, 6.45) is -6.03. The average molecular weight is 658 g/mol. The van der Waals surface area contributed by atoms with E-state index in [-0.39, 0.29) is 18.2 Å². The van der Waals surface area contributed by atoms with Gasteiger partial charge in [0.05, 0.1) is 18.2 Å². The Morgan fingerprint density at radius 2 is 1.64 bits per heavy atom. The van der Waals surface area contributed by atoms with Gasteiger partial charge in [-0.05, 0) is 102 Å². The second-order valence-corrected chi connectivity index (χ2v) is 12.1. The lowest BCUT2D eigenvalue weighted by atomic mass is 9.91. The van der Waals surface area contributed by atoms with Crippen molar-refractivity contribution >= 4 is 29.2 Å². The predicted octanol–water partition coefficient (Wildman–Crippen LogP) is 9.01. The Hall–Kier alpha value is -3.60. The van der Waals surface area contributed by atoms with Crippen LogP contribution in [0.1, 0.15) is 45.6 Å². The molecule has 1 N–H and O–H groups in total. The van der Waals surface area contributed by atoms with Gasteiger partial charge in [-0.2, -0.15) is 13.2 Å². The van der Waals surface area contributed by atoms with E-state index >= 15 is 0 Å². The van der Waals surface area contributed by atoms with Crippen LogP contribution in [-0.2, 0) is 22.2 Å². The maximum absolute atomic E-state index is 14.0. The van der Waals surface area contributed by atoms with Crippen molar-refractivity contribution in [2.45, 2.75) is 51.2 Å². The molecule has 2 aliphatic heterocycles. The van der Waals surface area contributed by atoms with E-state index in [2.05, 4.69) is 0 Å². The van der Waals surface area contributed by atoms with Gasteiger partial charge in [-0.1, -0.05) is 41.4 Å². The van der Waals surface area contributed by atoms with Crippen LogP contribution in [0, 0.1) is 6.92 Å². The Morgan fingerprint density at radius 1 is 0.933 bits per heavy atom. The summed E-state index contributed by atoms with van der Waals surface area (Å²) in [5, 5.41) is 10.3. The summed E-state index contributed by atoms with van der Waals surface area (Å²) >= 11 is 12.5. The van der Waals surface area contributed by atoms with Gasteiger partial charge in [0.2, 0.25) is 6.29 Å². The Kier molecular flexibility index (Phi) is 8.34. The Labute approximate surface area is 267 Å². The fourth-order valence-corrected chi connectivity index (χ4v) is 6.53. The average Bonchev–Trinajstić information content (AvgIpc) is 3.76. The minimum atomic E-state index is -4.56. The minimum Gasteiger partial charge on any atom is -0.496 e. The van der Waals surface area contributed by atoms with E-state index in [9.17, 15) is 23.1 Å². The number of ether oxygens (including phenoxy) is 3.